The van der Waals surface area contributed by atoms with E-state index in [1.165, 1.54) is 6.07 Å². The monoisotopic (exact) mass is 221 g/mol. The number of nitrogens with two attached hydrogens (primary N) is 1. The summed E-state index contributed by atoms with van der Waals surface area (Å²) >= 11 is 0. The Labute approximate surface area is 97.2 Å². The summed E-state index contributed by atoms with van der Waals surface area (Å²) in [6, 6.07) is 3.42. The maximum Gasteiger partial charge on any atom is 0.127 e. The van der Waals surface area contributed by atoms with Crippen molar-refractivity contribution in [1.82, 2.24) is 0 Å². The molecule has 0 atom stereocenters. The molecule has 0 aliphatic heterocycles. The molecule has 0 aromatic heterocycles. The van der Waals surface area contributed by atoms with E-state index in [0.29, 0.717) is 12.1 Å². The quantitative estimate of drug-likeness (QED) is 0.777. The minimum absolute atomic E-state index is 0.195. The third-order valence-electron chi connectivity index (χ3n) is 3.39. The Bertz CT molecular complexity index is 419. The predicted octanol–water partition coefficient (Wildman–Crippen LogP) is 3.45. The molecule has 0 fully saturated rings. The molecule has 1 rings (SSSR count). The third-order valence-corrected chi connectivity index (χ3v) is 3.39. The van der Waals surface area contributed by atoms with E-state index in [1.807, 2.05) is 33.8 Å². The number of benzene rings is 1. The predicted molar refractivity (Wildman–Crippen MR) is 66.9 cm³/mol. The molecule has 1 aromatic carbocycles. The van der Waals surface area contributed by atoms with E-state index in [1.54, 1.807) is 0 Å². The Kier molecular flexibility index (Phi) is 3.54. The van der Waals surface area contributed by atoms with E-state index in [-0.39, 0.29) is 11.2 Å². The molecule has 0 radical (unpaired) electrons. The number of hydrogen-bond donors (Lipinski definition) is 1. The van der Waals surface area contributed by atoms with Gasteiger partial charge in [0.15, 0.2) is 0 Å². The fraction of sp³-hybridized carbons (Fsp3) is 0.429. The lowest BCUT2D eigenvalue weighted by atomic mass is 9.78. The molecule has 1 aromatic rings. The van der Waals surface area contributed by atoms with Crippen molar-refractivity contribution in [3.63, 3.8) is 0 Å². The van der Waals surface area contributed by atoms with Crippen molar-refractivity contribution in [1.29, 1.82) is 0 Å². The summed E-state index contributed by atoms with van der Waals surface area (Å²) in [6.07, 6.45) is 0. The lowest BCUT2D eigenvalue weighted by molar-refractivity contribution is 0.540. The first-order valence-electron chi connectivity index (χ1n) is 5.46. The summed E-state index contributed by atoms with van der Waals surface area (Å²) < 4.78 is 14.0. The van der Waals surface area contributed by atoms with Crippen LogP contribution in [-0.2, 0) is 12.0 Å². The Hall–Kier alpha value is -1.15. The first-order valence-corrected chi connectivity index (χ1v) is 5.46. The van der Waals surface area contributed by atoms with Crippen molar-refractivity contribution in [2.75, 3.05) is 0 Å². The second-order valence-corrected chi connectivity index (χ2v) is 4.87. The van der Waals surface area contributed by atoms with Crippen LogP contribution in [0.15, 0.2) is 24.3 Å². The highest BCUT2D eigenvalue weighted by molar-refractivity contribution is 5.40. The average Bonchev–Trinajstić information content (AvgIpc) is 2.20. The summed E-state index contributed by atoms with van der Waals surface area (Å²) in [7, 11) is 0. The molecule has 88 valence electrons. The van der Waals surface area contributed by atoms with E-state index in [2.05, 4.69) is 6.58 Å². The van der Waals surface area contributed by atoms with Crippen LogP contribution in [0.2, 0.25) is 0 Å². The summed E-state index contributed by atoms with van der Waals surface area (Å²) in [5.74, 6) is -0.195. The van der Waals surface area contributed by atoms with Gasteiger partial charge in [-0.05, 0) is 36.6 Å². The molecule has 0 saturated carbocycles. The van der Waals surface area contributed by atoms with Crippen molar-refractivity contribution < 1.29 is 4.39 Å². The number of allylic oxidation sites excluding steroid dienone is 1. The van der Waals surface area contributed by atoms with Gasteiger partial charge in [-0.3, -0.25) is 0 Å². The number of hydrogen-bond acceptors (Lipinski definition) is 1. The molecule has 0 aliphatic carbocycles. The molecule has 0 heterocycles. The zero-order chi connectivity index (χ0) is 12.5. The molecule has 0 unspecified atom stereocenters. The van der Waals surface area contributed by atoms with Crippen LogP contribution in [0.5, 0.6) is 0 Å². The van der Waals surface area contributed by atoms with E-state index < -0.39 is 0 Å². The fourth-order valence-corrected chi connectivity index (χ4v) is 1.65. The lowest BCUT2D eigenvalue weighted by Gasteiger charge is -2.27. The van der Waals surface area contributed by atoms with Crippen LogP contribution in [0.25, 0.3) is 0 Å². The van der Waals surface area contributed by atoms with Crippen molar-refractivity contribution in [2.24, 2.45) is 5.73 Å². The van der Waals surface area contributed by atoms with Gasteiger partial charge in [-0.1, -0.05) is 32.1 Å². The van der Waals surface area contributed by atoms with Gasteiger partial charge < -0.3 is 5.73 Å². The largest absolute Gasteiger partial charge is 0.326 e. The standard InChI is InChI=1S/C14H20FN/c1-9(2)14(4,5)12-6-10(3)11(8-16)7-13(12)15/h6-7H,1,8,16H2,2-5H3. The van der Waals surface area contributed by atoms with Gasteiger partial charge in [-0.2, -0.15) is 0 Å². The fourth-order valence-electron chi connectivity index (χ4n) is 1.65. The van der Waals surface area contributed by atoms with Crippen LogP contribution < -0.4 is 5.73 Å². The smallest absolute Gasteiger partial charge is 0.127 e. The van der Waals surface area contributed by atoms with Crippen molar-refractivity contribution >= 4 is 0 Å². The van der Waals surface area contributed by atoms with Crippen LogP contribution >= 0.6 is 0 Å². The molecular weight excluding hydrogens is 201 g/mol. The zero-order valence-electron chi connectivity index (χ0n) is 10.5. The highest BCUT2D eigenvalue weighted by Gasteiger charge is 2.25. The van der Waals surface area contributed by atoms with E-state index in [4.69, 9.17) is 5.73 Å². The summed E-state index contributed by atoms with van der Waals surface area (Å²) in [5.41, 5.74) is 8.74. The minimum atomic E-state index is -0.345. The molecule has 0 amide bonds. The van der Waals surface area contributed by atoms with Gasteiger partial charge in [-0.15, -0.1) is 0 Å². The molecule has 1 nitrogen and oxygen atoms in total. The number of aryl methyl sites for hydroxylation is 1. The molecular formula is C14H20FN. The first kappa shape index (κ1) is 12.9. The van der Waals surface area contributed by atoms with E-state index in [0.717, 1.165) is 16.7 Å². The van der Waals surface area contributed by atoms with Gasteiger partial charge >= 0.3 is 0 Å². The zero-order valence-corrected chi connectivity index (χ0v) is 10.5. The SMILES string of the molecule is C=C(C)C(C)(C)c1cc(C)c(CN)cc1F. The van der Waals surface area contributed by atoms with Crippen molar-refractivity contribution in [2.45, 2.75) is 39.7 Å². The Morgan fingerprint density at radius 1 is 1.44 bits per heavy atom. The summed E-state index contributed by atoms with van der Waals surface area (Å²) in [5, 5.41) is 0. The van der Waals surface area contributed by atoms with Crippen LogP contribution in [0.4, 0.5) is 4.39 Å². The van der Waals surface area contributed by atoms with Crippen LogP contribution in [0.3, 0.4) is 0 Å². The maximum atomic E-state index is 14.0. The molecule has 2 N–H and O–H groups in total. The molecule has 0 saturated heterocycles. The van der Waals surface area contributed by atoms with Crippen molar-refractivity contribution in [3.8, 4) is 0 Å². The van der Waals surface area contributed by atoms with Crippen molar-refractivity contribution in [3.05, 3.63) is 46.8 Å². The number of rotatable bonds is 3. The molecule has 0 bridgehead atoms. The van der Waals surface area contributed by atoms with Gasteiger partial charge in [0.2, 0.25) is 0 Å². The second-order valence-electron chi connectivity index (χ2n) is 4.87. The highest BCUT2D eigenvalue weighted by Crippen LogP contribution is 2.33. The number of halogens is 1. The Balaban J connectivity index is 3.37. The average molecular weight is 221 g/mol. The normalized spacial score (nSPS) is 11.6. The molecule has 2 heteroatoms. The van der Waals surface area contributed by atoms with Gasteiger partial charge in [0.1, 0.15) is 5.82 Å². The maximum absolute atomic E-state index is 14.0. The minimum Gasteiger partial charge on any atom is -0.326 e. The molecule has 0 aliphatic rings. The Morgan fingerprint density at radius 3 is 2.44 bits per heavy atom. The van der Waals surface area contributed by atoms with Crippen LogP contribution in [0, 0.1) is 12.7 Å². The van der Waals surface area contributed by atoms with E-state index >= 15 is 0 Å². The topological polar surface area (TPSA) is 26.0 Å². The Morgan fingerprint density at radius 2 is 2.00 bits per heavy atom. The van der Waals surface area contributed by atoms with Crippen LogP contribution in [-0.4, -0.2) is 0 Å². The summed E-state index contributed by atoms with van der Waals surface area (Å²) in [4.78, 5) is 0. The molecule has 16 heavy (non-hydrogen) atoms. The van der Waals surface area contributed by atoms with Crippen LogP contribution in [0.1, 0.15) is 37.5 Å². The van der Waals surface area contributed by atoms with Gasteiger partial charge in [0.05, 0.1) is 0 Å². The highest BCUT2D eigenvalue weighted by atomic mass is 19.1. The molecule has 0 spiro atoms. The lowest BCUT2D eigenvalue weighted by Crippen LogP contribution is -2.20. The first-order chi connectivity index (χ1) is 7.30. The third kappa shape index (κ3) is 2.17. The van der Waals surface area contributed by atoms with Gasteiger partial charge in [-0.25, -0.2) is 4.39 Å². The van der Waals surface area contributed by atoms with E-state index in [9.17, 15) is 4.39 Å². The van der Waals surface area contributed by atoms with Gasteiger partial charge in [0, 0.05) is 12.0 Å². The second kappa shape index (κ2) is 4.38. The summed E-state index contributed by atoms with van der Waals surface area (Å²) in [6.45, 7) is 12.1. The van der Waals surface area contributed by atoms with Gasteiger partial charge in [0.25, 0.3) is 0 Å².